The number of thioether (sulfide) groups is 1. The Kier molecular flexibility index (Phi) is 6.18. The zero-order valence-corrected chi connectivity index (χ0v) is 17.1. The lowest BCUT2D eigenvalue weighted by Gasteiger charge is -2.16. The third-order valence-corrected chi connectivity index (χ3v) is 5.33. The average molecular weight is 439 g/mol. The highest BCUT2D eigenvalue weighted by molar-refractivity contribution is 8.27. The Morgan fingerprint density at radius 2 is 1.93 bits per heavy atom. The van der Waals surface area contributed by atoms with Crippen molar-refractivity contribution in [2.75, 3.05) is 18.6 Å². The molecule has 1 amide bonds. The average Bonchev–Trinajstić information content (AvgIpc) is 2.96. The Hall–Kier alpha value is -2.52. The van der Waals surface area contributed by atoms with Crippen molar-refractivity contribution in [1.82, 2.24) is 0 Å². The number of amides is 1. The summed E-state index contributed by atoms with van der Waals surface area (Å²) in [5.41, 5.74) is -0.170. The third-order valence-electron chi connectivity index (χ3n) is 4.03. The van der Waals surface area contributed by atoms with Crippen LogP contribution >= 0.6 is 24.0 Å². The molecule has 4 nitrogen and oxygen atoms in total. The number of hydrogen-bond donors (Lipinski definition) is 0. The number of ether oxygens (including phenoxy) is 2. The number of para-hydroxylation sites is 1. The summed E-state index contributed by atoms with van der Waals surface area (Å²) in [6.45, 7) is 2.22. The van der Waals surface area contributed by atoms with E-state index in [1.54, 1.807) is 24.3 Å². The molecule has 0 aromatic heterocycles. The van der Waals surface area contributed by atoms with Gasteiger partial charge in [-0.1, -0.05) is 42.2 Å². The van der Waals surface area contributed by atoms with Crippen molar-refractivity contribution < 1.29 is 27.4 Å². The lowest BCUT2D eigenvalue weighted by Crippen LogP contribution is -2.27. The highest BCUT2D eigenvalue weighted by Gasteiger charge is 2.36. The minimum atomic E-state index is -4.51. The number of hydrogen-bond acceptors (Lipinski definition) is 5. The summed E-state index contributed by atoms with van der Waals surface area (Å²) in [5.74, 6) is 0.486. The van der Waals surface area contributed by atoms with Crippen LogP contribution in [-0.2, 0) is 11.0 Å². The van der Waals surface area contributed by atoms with Gasteiger partial charge in [0.05, 0.1) is 29.9 Å². The van der Waals surface area contributed by atoms with E-state index in [0.29, 0.717) is 23.7 Å². The lowest BCUT2D eigenvalue weighted by molar-refractivity contribution is -0.137. The number of alkyl halides is 3. The lowest BCUT2D eigenvalue weighted by atomic mass is 10.1. The molecule has 0 bridgehead atoms. The molecular weight excluding hydrogens is 423 g/mol. The Morgan fingerprint density at radius 3 is 2.59 bits per heavy atom. The van der Waals surface area contributed by atoms with Crippen LogP contribution in [0.15, 0.2) is 47.4 Å². The van der Waals surface area contributed by atoms with Gasteiger partial charge in [0.2, 0.25) is 0 Å². The molecule has 2 aromatic carbocycles. The van der Waals surface area contributed by atoms with Crippen LogP contribution in [0.1, 0.15) is 18.1 Å². The number of methoxy groups -OCH3 is 1. The Balaban J connectivity index is 1.98. The summed E-state index contributed by atoms with van der Waals surface area (Å²) in [4.78, 5) is 14.3. The molecule has 0 saturated carbocycles. The van der Waals surface area contributed by atoms with E-state index in [0.717, 1.165) is 28.8 Å². The quantitative estimate of drug-likeness (QED) is 0.453. The highest BCUT2D eigenvalue weighted by atomic mass is 32.2. The van der Waals surface area contributed by atoms with E-state index < -0.39 is 17.6 Å². The zero-order valence-electron chi connectivity index (χ0n) is 15.4. The molecule has 0 radical (unpaired) electrons. The van der Waals surface area contributed by atoms with Crippen LogP contribution < -0.4 is 14.4 Å². The summed E-state index contributed by atoms with van der Waals surface area (Å²) in [6, 6.07) is 9.75. The number of carbonyl (C=O) groups excluding carboxylic acids is 1. The van der Waals surface area contributed by atoms with Crippen molar-refractivity contribution in [2.45, 2.75) is 13.1 Å². The summed E-state index contributed by atoms with van der Waals surface area (Å²) in [7, 11) is 1.51. The fraction of sp³-hybridized carbons (Fsp3) is 0.200. The number of rotatable bonds is 5. The molecule has 0 spiro atoms. The molecule has 0 N–H and O–H groups in total. The maximum Gasteiger partial charge on any atom is 0.416 e. The van der Waals surface area contributed by atoms with Gasteiger partial charge < -0.3 is 9.47 Å². The van der Waals surface area contributed by atoms with Gasteiger partial charge in [0.25, 0.3) is 5.91 Å². The molecule has 29 heavy (non-hydrogen) atoms. The van der Waals surface area contributed by atoms with Crippen LogP contribution in [0, 0.1) is 0 Å². The van der Waals surface area contributed by atoms with E-state index in [1.165, 1.54) is 19.2 Å². The zero-order chi connectivity index (χ0) is 21.2. The predicted molar refractivity (Wildman–Crippen MR) is 111 cm³/mol. The number of benzene rings is 2. The molecule has 1 fully saturated rings. The molecule has 1 saturated heterocycles. The molecule has 1 heterocycles. The van der Waals surface area contributed by atoms with Crippen LogP contribution in [0.25, 0.3) is 6.08 Å². The molecule has 152 valence electrons. The molecule has 1 aliphatic rings. The first-order valence-corrected chi connectivity index (χ1v) is 9.73. The van der Waals surface area contributed by atoms with E-state index in [4.69, 9.17) is 21.7 Å². The summed E-state index contributed by atoms with van der Waals surface area (Å²) >= 11 is 6.27. The smallest absolute Gasteiger partial charge is 0.416 e. The molecular formula is C20H16F3NO3S2. The number of halogens is 3. The summed E-state index contributed by atoms with van der Waals surface area (Å²) in [6.07, 6.45) is -2.92. The molecule has 9 heteroatoms. The monoisotopic (exact) mass is 439 g/mol. The van der Waals surface area contributed by atoms with Crippen molar-refractivity contribution in [3.63, 3.8) is 0 Å². The van der Waals surface area contributed by atoms with Gasteiger partial charge >= 0.3 is 6.18 Å². The summed E-state index contributed by atoms with van der Waals surface area (Å²) < 4.78 is 50.2. The van der Waals surface area contributed by atoms with Gasteiger partial charge in [-0.25, -0.2) is 0 Å². The van der Waals surface area contributed by atoms with Crippen molar-refractivity contribution >= 4 is 46.0 Å². The first-order valence-electron chi connectivity index (χ1n) is 8.51. The van der Waals surface area contributed by atoms with Crippen molar-refractivity contribution in [2.24, 2.45) is 0 Å². The van der Waals surface area contributed by atoms with Gasteiger partial charge in [-0.15, -0.1) is 0 Å². The fourth-order valence-corrected chi connectivity index (χ4v) is 4.05. The van der Waals surface area contributed by atoms with Crippen molar-refractivity contribution in [3.05, 3.63) is 58.5 Å². The van der Waals surface area contributed by atoms with Crippen LogP contribution in [0.2, 0.25) is 0 Å². The van der Waals surface area contributed by atoms with Gasteiger partial charge in [-0.05, 0) is 37.3 Å². The third kappa shape index (κ3) is 4.40. The van der Waals surface area contributed by atoms with Crippen molar-refractivity contribution in [3.8, 4) is 11.5 Å². The summed E-state index contributed by atoms with van der Waals surface area (Å²) in [5, 5.41) is 0. The molecule has 3 rings (SSSR count). The Labute approximate surface area is 175 Å². The van der Waals surface area contributed by atoms with E-state index in [1.807, 2.05) is 6.92 Å². The molecule has 0 aliphatic carbocycles. The number of thiocarbonyl (C=S) groups is 1. The van der Waals surface area contributed by atoms with Gasteiger partial charge in [0.15, 0.2) is 15.8 Å². The molecule has 2 aromatic rings. The Morgan fingerprint density at radius 1 is 1.21 bits per heavy atom. The van der Waals surface area contributed by atoms with Crippen LogP contribution in [0.3, 0.4) is 0 Å². The second kappa shape index (κ2) is 8.46. The first kappa shape index (κ1) is 21.2. The highest BCUT2D eigenvalue weighted by Crippen LogP contribution is 2.40. The SMILES string of the molecule is CCOc1c(/C=C2\SC(=S)N(c3cccc(C(F)(F)F)c3)C2=O)cccc1OC. The van der Waals surface area contributed by atoms with Gasteiger partial charge in [-0.3, -0.25) is 9.69 Å². The number of anilines is 1. The standard InChI is InChI=1S/C20H16F3NO3S2/c1-3-27-17-12(6-4-9-15(17)26-2)10-16-18(25)24(19(28)29-16)14-8-5-7-13(11-14)20(21,22)23/h4-11H,3H2,1-2H3/b16-10-. The second-order valence-corrected chi connectivity index (χ2v) is 7.55. The normalized spacial score (nSPS) is 15.9. The molecule has 1 aliphatic heterocycles. The Bertz CT molecular complexity index is 989. The van der Waals surface area contributed by atoms with Gasteiger partial charge in [0, 0.05) is 5.56 Å². The van der Waals surface area contributed by atoms with E-state index in [9.17, 15) is 18.0 Å². The van der Waals surface area contributed by atoms with E-state index in [2.05, 4.69) is 0 Å². The maximum atomic E-state index is 13.0. The number of carbonyl (C=O) groups is 1. The largest absolute Gasteiger partial charge is 0.493 e. The topological polar surface area (TPSA) is 38.8 Å². The van der Waals surface area contributed by atoms with Crippen LogP contribution in [0.5, 0.6) is 11.5 Å². The van der Waals surface area contributed by atoms with Gasteiger partial charge in [-0.2, -0.15) is 13.2 Å². The second-order valence-electron chi connectivity index (χ2n) is 5.88. The van der Waals surface area contributed by atoms with Crippen LogP contribution in [0.4, 0.5) is 18.9 Å². The van der Waals surface area contributed by atoms with E-state index >= 15 is 0 Å². The molecule has 0 atom stereocenters. The van der Waals surface area contributed by atoms with Gasteiger partial charge in [0.1, 0.15) is 0 Å². The predicted octanol–water partition coefficient (Wildman–Crippen LogP) is 5.52. The van der Waals surface area contributed by atoms with E-state index in [-0.39, 0.29) is 14.9 Å². The van der Waals surface area contributed by atoms with Crippen molar-refractivity contribution in [1.29, 1.82) is 0 Å². The maximum absolute atomic E-state index is 13.0. The minimum absolute atomic E-state index is 0.0707. The molecule has 0 unspecified atom stereocenters. The minimum Gasteiger partial charge on any atom is -0.493 e. The van der Waals surface area contributed by atoms with Crippen LogP contribution in [-0.4, -0.2) is 23.9 Å². The first-order chi connectivity index (χ1) is 13.8. The fourth-order valence-electron chi connectivity index (χ4n) is 2.76. The number of nitrogens with zero attached hydrogens (tertiary/aromatic N) is 1.